The Kier molecular flexibility index (Phi) is 15.1. The summed E-state index contributed by atoms with van der Waals surface area (Å²) in [6, 6.07) is 0. The zero-order valence-corrected chi connectivity index (χ0v) is 11.8. The van der Waals surface area contributed by atoms with Gasteiger partial charge in [-0.05, 0) is 6.92 Å². The minimum atomic E-state index is -0.824. The van der Waals surface area contributed by atoms with Crippen LogP contribution in [0, 0.1) is 0 Å². The van der Waals surface area contributed by atoms with Gasteiger partial charge in [0.15, 0.2) is 0 Å². The average molecular weight is 458 g/mol. The molecule has 0 radical (unpaired) electrons. The number of carbonyl (C=O) groups is 1. The molecule has 0 aromatic heterocycles. The van der Waals surface area contributed by atoms with Gasteiger partial charge in [-0.25, -0.2) is 0 Å². The molecule has 0 aromatic rings. The van der Waals surface area contributed by atoms with Gasteiger partial charge in [0.2, 0.25) is 0 Å². The van der Waals surface area contributed by atoms with Crippen LogP contribution >= 0.6 is 55.9 Å². The Morgan fingerprint density at radius 3 is 1.89 bits per heavy atom. The van der Waals surface area contributed by atoms with E-state index in [-0.39, 0.29) is 0 Å². The summed E-state index contributed by atoms with van der Waals surface area (Å²) in [5.41, 5.74) is 0. The van der Waals surface area contributed by atoms with Crippen LogP contribution in [0.4, 0.5) is 0 Å². The van der Waals surface area contributed by atoms with Crippen molar-refractivity contribution in [3.8, 4) is 0 Å². The van der Waals surface area contributed by atoms with E-state index >= 15 is 0 Å². The quantitative estimate of drug-likeness (QED) is 0.486. The standard InChI is InChI=1S/C3H5BrO2.2HI.V/c1-2(4)3(5)6;;;/h2H,1H3,(H,5,6);2*1H;/q;;;+2/p-2. The molecule has 1 atom stereocenters. The van der Waals surface area contributed by atoms with Crippen molar-refractivity contribution in [1.29, 1.82) is 0 Å². The van der Waals surface area contributed by atoms with Gasteiger partial charge in [-0.3, -0.25) is 4.79 Å². The Labute approximate surface area is 91.5 Å². The summed E-state index contributed by atoms with van der Waals surface area (Å²) in [6.07, 6.45) is 0. The number of carboxylic acids is 1. The number of halogens is 3. The van der Waals surface area contributed by atoms with Gasteiger partial charge < -0.3 is 5.11 Å². The first-order chi connectivity index (χ1) is 4.06. The van der Waals surface area contributed by atoms with Crippen molar-refractivity contribution < 1.29 is 19.4 Å². The topological polar surface area (TPSA) is 37.3 Å². The molecule has 6 heteroatoms. The molecule has 0 aliphatic heterocycles. The van der Waals surface area contributed by atoms with E-state index in [0.717, 1.165) is 0 Å². The van der Waals surface area contributed by atoms with E-state index in [0.29, 0.717) is 9.47 Å². The number of aliphatic carboxylic acids is 1. The fourth-order valence-corrected chi connectivity index (χ4v) is 0. The number of hydrogen-bond acceptors (Lipinski definition) is 1. The molecule has 0 aliphatic carbocycles. The molecule has 0 spiro atoms. The molecule has 1 unspecified atom stereocenters. The zero-order valence-electron chi connectivity index (χ0n) is 4.51. The summed E-state index contributed by atoms with van der Waals surface area (Å²) in [5, 5.41) is 7.94. The minimum absolute atomic E-state index is 0.419. The molecule has 1 N–H and O–H groups in total. The van der Waals surface area contributed by atoms with Crippen LogP contribution in [-0.2, 0) is 14.3 Å². The second-order valence-electron chi connectivity index (χ2n) is 1.02. The van der Waals surface area contributed by atoms with Gasteiger partial charge in [-0.2, -0.15) is 0 Å². The number of hydrogen-bond donors (Lipinski definition) is 1. The molecule has 0 amide bonds. The van der Waals surface area contributed by atoms with E-state index in [1.54, 1.807) is 6.92 Å². The molecule has 55 valence electrons. The van der Waals surface area contributed by atoms with E-state index in [4.69, 9.17) is 5.11 Å². The van der Waals surface area contributed by atoms with Crippen molar-refractivity contribution in [2.75, 3.05) is 0 Å². The van der Waals surface area contributed by atoms with Gasteiger partial charge in [0.05, 0.1) is 0 Å². The van der Waals surface area contributed by atoms with Crippen LogP contribution < -0.4 is 0 Å². The van der Waals surface area contributed by atoms with Crippen molar-refractivity contribution in [2.45, 2.75) is 11.8 Å². The van der Waals surface area contributed by atoms with Crippen LogP contribution in [0.2, 0.25) is 0 Å². The average Bonchev–Trinajstić information content (AvgIpc) is 1.68. The van der Waals surface area contributed by atoms with Crippen molar-refractivity contribution >= 4 is 61.9 Å². The summed E-state index contributed by atoms with van der Waals surface area (Å²) in [4.78, 5) is 9.23. The van der Waals surface area contributed by atoms with Gasteiger partial charge in [0.1, 0.15) is 4.83 Å². The normalized spacial score (nSPS) is 10.7. The second-order valence-corrected chi connectivity index (χ2v) is 14.2. The van der Waals surface area contributed by atoms with Gasteiger partial charge in [-0.15, -0.1) is 0 Å². The predicted octanol–water partition coefficient (Wildman–Crippen LogP) is 2.62. The summed E-state index contributed by atoms with van der Waals surface area (Å²) in [6.45, 7) is 1.56. The molecule has 0 saturated heterocycles. The van der Waals surface area contributed by atoms with Crippen LogP contribution in [0.3, 0.4) is 0 Å². The Morgan fingerprint density at radius 2 is 1.89 bits per heavy atom. The van der Waals surface area contributed by atoms with Crippen LogP contribution in [0.1, 0.15) is 6.92 Å². The van der Waals surface area contributed by atoms with Crippen molar-refractivity contribution in [3.63, 3.8) is 0 Å². The Morgan fingerprint density at radius 1 is 1.78 bits per heavy atom. The van der Waals surface area contributed by atoms with E-state index < -0.39 is 10.8 Å². The first kappa shape index (κ1) is 13.6. The van der Waals surface area contributed by atoms with E-state index in [1.165, 1.54) is 0 Å². The van der Waals surface area contributed by atoms with Gasteiger partial charge in [0, 0.05) is 0 Å². The maximum atomic E-state index is 9.65. The Bertz CT molecular complexity index is 80.2. The number of carboxylic acid groups (broad SMARTS) is 1. The Balaban J connectivity index is 0. The number of rotatable bonds is 1. The van der Waals surface area contributed by atoms with Crippen LogP contribution in [0.25, 0.3) is 0 Å². The van der Waals surface area contributed by atoms with Gasteiger partial charge >= 0.3 is 55.4 Å². The molecule has 0 rings (SSSR count). The first-order valence-corrected chi connectivity index (χ1v) is 11.8. The van der Waals surface area contributed by atoms with Crippen LogP contribution in [0.15, 0.2) is 0 Å². The molecular weight excluding hydrogens is 453 g/mol. The van der Waals surface area contributed by atoms with Crippen LogP contribution in [-0.4, -0.2) is 15.9 Å². The van der Waals surface area contributed by atoms with E-state index in [1.807, 2.05) is 0 Å². The summed E-state index contributed by atoms with van der Waals surface area (Å²) in [7, 11) is 0.628. The third-order valence-electron chi connectivity index (χ3n) is 0.340. The zero-order chi connectivity index (χ0) is 7.86. The van der Waals surface area contributed by atoms with E-state index in [9.17, 15) is 4.79 Å². The molecule has 0 fully saturated rings. The third-order valence-corrected chi connectivity index (χ3v) is 0.732. The second kappa shape index (κ2) is 9.99. The molecule has 2 nitrogen and oxygen atoms in total. The van der Waals surface area contributed by atoms with E-state index in [2.05, 4.69) is 55.9 Å². The molecule has 0 aliphatic rings. The summed E-state index contributed by atoms with van der Waals surface area (Å²) < 4.78 is 0. The maximum absolute atomic E-state index is 9.65. The summed E-state index contributed by atoms with van der Waals surface area (Å²) >= 11 is 7.58. The first-order valence-electron chi connectivity index (χ1n) is 1.85. The summed E-state index contributed by atoms with van der Waals surface area (Å²) in [5.74, 6) is -0.824. The van der Waals surface area contributed by atoms with Gasteiger partial charge in [-0.1, -0.05) is 15.9 Å². The van der Waals surface area contributed by atoms with Gasteiger partial charge in [0.25, 0.3) is 0 Å². The molecule has 0 saturated carbocycles. The molecular formula is C3H5BrI2O2V. The predicted molar refractivity (Wildman–Crippen MR) is 54.1 cm³/mol. The molecule has 0 aromatic carbocycles. The molecule has 9 heavy (non-hydrogen) atoms. The van der Waals surface area contributed by atoms with Crippen molar-refractivity contribution in [1.82, 2.24) is 0 Å². The fraction of sp³-hybridized carbons (Fsp3) is 0.667. The fourth-order valence-electron chi connectivity index (χ4n) is 0. The Hall–Kier alpha value is 1.99. The third kappa shape index (κ3) is 17.8. The SMILES string of the molecule is CC(Br)C(=O)O.[I][V][I]. The monoisotopic (exact) mass is 457 g/mol. The van der Waals surface area contributed by atoms with Crippen molar-refractivity contribution in [2.24, 2.45) is 0 Å². The van der Waals surface area contributed by atoms with Crippen molar-refractivity contribution in [3.05, 3.63) is 0 Å². The molecule has 0 bridgehead atoms. The molecule has 0 heterocycles. The van der Waals surface area contributed by atoms with Crippen LogP contribution in [0.5, 0.6) is 0 Å². The number of alkyl halides is 1.